The van der Waals surface area contributed by atoms with Crippen molar-refractivity contribution >= 4 is 11.8 Å². The zero-order chi connectivity index (χ0) is 11.6. The smallest absolute Gasteiger partial charge is 0.00463 e. The predicted octanol–water partition coefficient (Wildman–Crippen LogP) is 3.94. The van der Waals surface area contributed by atoms with Crippen molar-refractivity contribution in [2.45, 2.75) is 51.9 Å². The number of hydrogen-bond donors (Lipinski definition) is 1. The molecule has 2 atom stereocenters. The molecule has 16 heavy (non-hydrogen) atoms. The minimum absolute atomic E-state index is 0.986. The van der Waals surface area contributed by atoms with E-state index in [1.165, 1.54) is 63.8 Å². The zero-order valence-corrected chi connectivity index (χ0v) is 12.0. The molecule has 0 saturated heterocycles. The lowest BCUT2D eigenvalue weighted by Gasteiger charge is -2.26. The van der Waals surface area contributed by atoms with Crippen molar-refractivity contribution in [1.29, 1.82) is 0 Å². The quantitative estimate of drug-likeness (QED) is 0.648. The summed E-state index contributed by atoms with van der Waals surface area (Å²) in [5, 5.41) is 3.60. The molecule has 0 aliphatic heterocycles. The van der Waals surface area contributed by atoms with Crippen LogP contribution < -0.4 is 5.32 Å². The lowest BCUT2D eigenvalue weighted by Crippen LogP contribution is -2.22. The van der Waals surface area contributed by atoms with Gasteiger partial charge in [-0.3, -0.25) is 0 Å². The molecule has 0 radical (unpaired) electrons. The van der Waals surface area contributed by atoms with E-state index in [0.717, 1.165) is 11.8 Å². The molecule has 0 amide bonds. The van der Waals surface area contributed by atoms with Crippen molar-refractivity contribution < 1.29 is 0 Å². The molecule has 1 fully saturated rings. The standard InChI is InChI=1S/C14H29NS/c1-13-6-5-7-14(12-13)8-10-15-9-3-4-11-16-2/h13-15H,3-12H2,1-2H3. The first kappa shape index (κ1) is 14.4. The van der Waals surface area contributed by atoms with Gasteiger partial charge in [0, 0.05) is 0 Å². The summed E-state index contributed by atoms with van der Waals surface area (Å²) < 4.78 is 0. The van der Waals surface area contributed by atoms with Gasteiger partial charge in [0.05, 0.1) is 0 Å². The summed E-state index contributed by atoms with van der Waals surface area (Å²) in [4.78, 5) is 0. The Morgan fingerprint density at radius 2 is 2.06 bits per heavy atom. The molecule has 0 aromatic heterocycles. The maximum atomic E-state index is 3.60. The van der Waals surface area contributed by atoms with E-state index in [0.29, 0.717) is 0 Å². The highest BCUT2D eigenvalue weighted by Gasteiger charge is 2.17. The molecule has 1 rings (SSSR count). The van der Waals surface area contributed by atoms with E-state index in [-0.39, 0.29) is 0 Å². The molecule has 0 spiro atoms. The molecule has 96 valence electrons. The zero-order valence-electron chi connectivity index (χ0n) is 11.1. The van der Waals surface area contributed by atoms with Crippen LogP contribution in [0.25, 0.3) is 0 Å². The summed E-state index contributed by atoms with van der Waals surface area (Å²) in [6.45, 7) is 4.89. The first-order valence-electron chi connectivity index (χ1n) is 7.02. The largest absolute Gasteiger partial charge is 0.317 e. The Bertz CT molecular complexity index is 161. The van der Waals surface area contributed by atoms with Crippen LogP contribution in [0, 0.1) is 11.8 Å². The Kier molecular flexibility index (Phi) is 8.40. The number of unbranched alkanes of at least 4 members (excludes halogenated alkanes) is 1. The van der Waals surface area contributed by atoms with Gasteiger partial charge in [-0.2, -0.15) is 11.8 Å². The van der Waals surface area contributed by atoms with E-state index in [2.05, 4.69) is 18.5 Å². The van der Waals surface area contributed by atoms with Crippen LogP contribution in [0.4, 0.5) is 0 Å². The van der Waals surface area contributed by atoms with Crippen LogP contribution in [0.5, 0.6) is 0 Å². The molecule has 1 N–H and O–H groups in total. The van der Waals surface area contributed by atoms with Crippen LogP contribution in [0.2, 0.25) is 0 Å². The van der Waals surface area contributed by atoms with Crippen molar-refractivity contribution in [3.8, 4) is 0 Å². The maximum Gasteiger partial charge on any atom is -0.00463 e. The number of hydrogen-bond acceptors (Lipinski definition) is 2. The average Bonchev–Trinajstić information content (AvgIpc) is 2.28. The highest BCUT2D eigenvalue weighted by atomic mass is 32.2. The Hall–Kier alpha value is 0.310. The van der Waals surface area contributed by atoms with Crippen molar-refractivity contribution in [2.75, 3.05) is 25.1 Å². The third-order valence-electron chi connectivity index (χ3n) is 3.73. The van der Waals surface area contributed by atoms with E-state index in [4.69, 9.17) is 0 Å². The van der Waals surface area contributed by atoms with E-state index in [9.17, 15) is 0 Å². The lowest BCUT2D eigenvalue weighted by atomic mass is 9.81. The highest BCUT2D eigenvalue weighted by molar-refractivity contribution is 7.98. The second kappa shape index (κ2) is 9.35. The van der Waals surface area contributed by atoms with Crippen molar-refractivity contribution in [3.63, 3.8) is 0 Å². The van der Waals surface area contributed by atoms with Gasteiger partial charge in [-0.15, -0.1) is 0 Å². The fourth-order valence-corrected chi connectivity index (χ4v) is 3.24. The minimum Gasteiger partial charge on any atom is -0.317 e. The number of rotatable bonds is 8. The Morgan fingerprint density at radius 1 is 1.19 bits per heavy atom. The van der Waals surface area contributed by atoms with E-state index in [1.54, 1.807) is 0 Å². The van der Waals surface area contributed by atoms with Gasteiger partial charge >= 0.3 is 0 Å². The fourth-order valence-electron chi connectivity index (χ4n) is 2.75. The summed E-state index contributed by atoms with van der Waals surface area (Å²) >= 11 is 1.96. The maximum absolute atomic E-state index is 3.60. The van der Waals surface area contributed by atoms with Crippen LogP contribution in [-0.2, 0) is 0 Å². The topological polar surface area (TPSA) is 12.0 Å². The van der Waals surface area contributed by atoms with E-state index >= 15 is 0 Å². The van der Waals surface area contributed by atoms with Crippen molar-refractivity contribution in [3.05, 3.63) is 0 Å². The van der Waals surface area contributed by atoms with Crippen LogP contribution >= 0.6 is 11.8 Å². The molecular weight excluding hydrogens is 214 g/mol. The Morgan fingerprint density at radius 3 is 2.81 bits per heavy atom. The monoisotopic (exact) mass is 243 g/mol. The fraction of sp³-hybridized carbons (Fsp3) is 1.00. The summed E-state index contributed by atoms with van der Waals surface area (Å²) in [7, 11) is 0. The SMILES string of the molecule is CSCCCCNCCC1CCCC(C)C1. The molecule has 1 nitrogen and oxygen atoms in total. The van der Waals surface area contributed by atoms with Gasteiger partial charge < -0.3 is 5.32 Å². The Labute approximate surface area is 106 Å². The van der Waals surface area contributed by atoms with Gasteiger partial charge in [-0.25, -0.2) is 0 Å². The first-order valence-corrected chi connectivity index (χ1v) is 8.42. The molecule has 0 aromatic rings. The molecule has 2 unspecified atom stereocenters. The lowest BCUT2D eigenvalue weighted by molar-refractivity contribution is 0.267. The Balaban J connectivity index is 1.86. The molecular formula is C14H29NS. The highest BCUT2D eigenvalue weighted by Crippen LogP contribution is 2.30. The molecule has 1 aliphatic rings. The average molecular weight is 243 g/mol. The molecule has 1 saturated carbocycles. The molecule has 2 heteroatoms. The summed E-state index contributed by atoms with van der Waals surface area (Å²) in [5.74, 6) is 3.32. The van der Waals surface area contributed by atoms with E-state index < -0.39 is 0 Å². The normalized spacial score (nSPS) is 25.9. The van der Waals surface area contributed by atoms with Gasteiger partial charge in [0.15, 0.2) is 0 Å². The molecule has 0 aromatic carbocycles. The summed E-state index contributed by atoms with van der Waals surface area (Å²) in [5.41, 5.74) is 0. The van der Waals surface area contributed by atoms with Crippen LogP contribution in [0.15, 0.2) is 0 Å². The molecule has 1 aliphatic carbocycles. The third-order valence-corrected chi connectivity index (χ3v) is 4.42. The second-order valence-electron chi connectivity index (χ2n) is 5.38. The van der Waals surface area contributed by atoms with Gasteiger partial charge in [0.1, 0.15) is 0 Å². The third kappa shape index (κ3) is 6.80. The van der Waals surface area contributed by atoms with Crippen LogP contribution in [0.3, 0.4) is 0 Å². The van der Waals surface area contributed by atoms with Crippen molar-refractivity contribution in [1.82, 2.24) is 5.32 Å². The van der Waals surface area contributed by atoms with Gasteiger partial charge in [0.25, 0.3) is 0 Å². The minimum atomic E-state index is 0.986. The van der Waals surface area contributed by atoms with Gasteiger partial charge in [0.2, 0.25) is 0 Å². The van der Waals surface area contributed by atoms with Gasteiger partial charge in [-0.1, -0.05) is 26.2 Å². The molecule has 0 bridgehead atoms. The second-order valence-corrected chi connectivity index (χ2v) is 6.36. The summed E-state index contributed by atoms with van der Waals surface area (Å²) in [6.07, 6.45) is 12.2. The first-order chi connectivity index (χ1) is 7.83. The predicted molar refractivity (Wildman–Crippen MR) is 76.2 cm³/mol. The van der Waals surface area contributed by atoms with Crippen molar-refractivity contribution in [2.24, 2.45) is 11.8 Å². The summed E-state index contributed by atoms with van der Waals surface area (Å²) in [6, 6.07) is 0. The number of nitrogens with one attached hydrogen (secondary N) is 1. The van der Waals surface area contributed by atoms with E-state index in [1.807, 2.05) is 11.8 Å². The van der Waals surface area contributed by atoms with Crippen LogP contribution in [-0.4, -0.2) is 25.1 Å². The van der Waals surface area contributed by atoms with Crippen LogP contribution in [0.1, 0.15) is 51.9 Å². The van der Waals surface area contributed by atoms with Gasteiger partial charge in [-0.05, 0) is 62.6 Å². The molecule has 0 heterocycles. The number of thioether (sulfide) groups is 1.